The molecule has 0 aliphatic heterocycles. The van der Waals surface area contributed by atoms with Gasteiger partial charge >= 0.3 is 0 Å². The summed E-state index contributed by atoms with van der Waals surface area (Å²) in [7, 11) is 0. The molecule has 1 aliphatic carbocycles. The minimum Gasteiger partial charge on any atom is -0.354 e. The van der Waals surface area contributed by atoms with Gasteiger partial charge in [0.25, 0.3) is 0 Å². The molecule has 25 heavy (non-hydrogen) atoms. The minimum atomic E-state index is -0.0750. The average molecular weight is 380 g/mol. The zero-order valence-corrected chi connectivity index (χ0v) is 15.7. The third-order valence-corrected chi connectivity index (χ3v) is 5.63. The second kappa shape index (κ2) is 8.48. The number of thiophene rings is 1. The number of nitrogens with zero attached hydrogens (tertiary/aromatic N) is 3. The molecule has 2 heterocycles. The van der Waals surface area contributed by atoms with Crippen molar-refractivity contribution in [3.63, 3.8) is 0 Å². The summed E-state index contributed by atoms with van der Waals surface area (Å²) < 4.78 is 2.01. The van der Waals surface area contributed by atoms with Crippen LogP contribution in [0.2, 0.25) is 0 Å². The second-order valence-corrected chi connectivity index (χ2v) is 7.62. The summed E-state index contributed by atoms with van der Waals surface area (Å²) in [6, 6.07) is 3.99. The zero-order valence-electron chi connectivity index (χ0n) is 14.0. The maximum absolute atomic E-state index is 11.9. The molecule has 1 aliphatic rings. The minimum absolute atomic E-state index is 0.0750. The summed E-state index contributed by atoms with van der Waals surface area (Å²) in [5.41, 5.74) is 0. The SMILES string of the molecule is CCn1c(SCC(=O)NCCNC(=O)C2CC2)nnc1-c1cccs1. The van der Waals surface area contributed by atoms with Gasteiger partial charge in [0.15, 0.2) is 11.0 Å². The molecule has 1 saturated carbocycles. The molecule has 0 atom stereocenters. The first-order chi connectivity index (χ1) is 12.2. The summed E-state index contributed by atoms with van der Waals surface area (Å²) >= 11 is 2.99. The first-order valence-electron chi connectivity index (χ1n) is 8.33. The van der Waals surface area contributed by atoms with Crippen molar-refractivity contribution in [1.82, 2.24) is 25.4 Å². The van der Waals surface area contributed by atoms with E-state index in [2.05, 4.69) is 20.8 Å². The van der Waals surface area contributed by atoms with Crippen LogP contribution in [0.5, 0.6) is 0 Å². The third kappa shape index (κ3) is 4.82. The Kier molecular flexibility index (Phi) is 6.09. The number of aromatic nitrogens is 3. The van der Waals surface area contributed by atoms with Crippen LogP contribution in [0.3, 0.4) is 0 Å². The lowest BCUT2D eigenvalue weighted by Crippen LogP contribution is -2.36. The Morgan fingerprint density at radius 3 is 2.80 bits per heavy atom. The smallest absolute Gasteiger partial charge is 0.230 e. The number of nitrogens with one attached hydrogen (secondary N) is 2. The van der Waals surface area contributed by atoms with Crippen LogP contribution in [0.25, 0.3) is 10.7 Å². The standard InChI is InChI=1S/C16H21N5O2S2/c1-2-21-14(12-4-3-9-24-12)19-20-16(21)25-10-13(22)17-7-8-18-15(23)11-5-6-11/h3-4,9,11H,2,5-8,10H2,1H3,(H,17,22)(H,18,23). The van der Waals surface area contributed by atoms with E-state index in [-0.39, 0.29) is 23.5 Å². The predicted octanol–water partition coefficient (Wildman–Crippen LogP) is 1.76. The third-order valence-electron chi connectivity index (χ3n) is 3.80. The molecule has 134 valence electrons. The van der Waals surface area contributed by atoms with Crippen LogP contribution in [0.4, 0.5) is 0 Å². The van der Waals surface area contributed by atoms with E-state index in [1.165, 1.54) is 11.8 Å². The van der Waals surface area contributed by atoms with Crippen LogP contribution in [-0.4, -0.2) is 45.4 Å². The van der Waals surface area contributed by atoms with Gasteiger partial charge < -0.3 is 15.2 Å². The van der Waals surface area contributed by atoms with Crippen molar-refractivity contribution < 1.29 is 9.59 Å². The quantitative estimate of drug-likeness (QED) is 0.512. The van der Waals surface area contributed by atoms with E-state index in [4.69, 9.17) is 0 Å². The summed E-state index contributed by atoms with van der Waals surface area (Å²) in [6.07, 6.45) is 1.97. The van der Waals surface area contributed by atoms with Crippen molar-refractivity contribution in [3.05, 3.63) is 17.5 Å². The van der Waals surface area contributed by atoms with Crippen molar-refractivity contribution in [2.24, 2.45) is 5.92 Å². The highest BCUT2D eigenvalue weighted by molar-refractivity contribution is 7.99. The molecule has 2 aromatic rings. The summed E-state index contributed by atoms with van der Waals surface area (Å²) in [4.78, 5) is 24.5. The lowest BCUT2D eigenvalue weighted by atomic mass is 10.4. The highest BCUT2D eigenvalue weighted by atomic mass is 32.2. The molecule has 0 bridgehead atoms. The fraction of sp³-hybridized carbons (Fsp3) is 0.500. The Balaban J connectivity index is 1.43. The van der Waals surface area contributed by atoms with E-state index in [1.54, 1.807) is 11.3 Å². The van der Waals surface area contributed by atoms with Gasteiger partial charge in [0.2, 0.25) is 11.8 Å². The molecule has 1 fully saturated rings. The Bertz CT molecular complexity index is 725. The van der Waals surface area contributed by atoms with Crippen molar-refractivity contribution in [2.75, 3.05) is 18.8 Å². The molecule has 2 aromatic heterocycles. The molecular formula is C16H21N5O2S2. The number of thioether (sulfide) groups is 1. The van der Waals surface area contributed by atoms with E-state index in [0.717, 1.165) is 35.2 Å². The van der Waals surface area contributed by atoms with Crippen LogP contribution in [0.1, 0.15) is 19.8 Å². The van der Waals surface area contributed by atoms with Gasteiger partial charge in [-0.1, -0.05) is 17.8 Å². The Hall–Kier alpha value is -1.87. The van der Waals surface area contributed by atoms with Crippen LogP contribution in [0.15, 0.2) is 22.7 Å². The van der Waals surface area contributed by atoms with Gasteiger partial charge in [-0.25, -0.2) is 0 Å². The molecule has 9 heteroatoms. The lowest BCUT2D eigenvalue weighted by molar-refractivity contribution is -0.123. The summed E-state index contributed by atoms with van der Waals surface area (Å²) in [5, 5.41) is 16.8. The van der Waals surface area contributed by atoms with Gasteiger partial charge in [0.1, 0.15) is 0 Å². The normalized spacial score (nSPS) is 13.6. The fourth-order valence-electron chi connectivity index (χ4n) is 2.33. The first-order valence-corrected chi connectivity index (χ1v) is 10.2. The topological polar surface area (TPSA) is 88.9 Å². The zero-order chi connectivity index (χ0) is 17.6. The predicted molar refractivity (Wildman–Crippen MR) is 98.5 cm³/mol. The van der Waals surface area contributed by atoms with E-state index in [1.807, 2.05) is 29.0 Å². The van der Waals surface area contributed by atoms with E-state index in [0.29, 0.717) is 13.1 Å². The molecular weight excluding hydrogens is 358 g/mol. The Morgan fingerprint density at radius 2 is 2.12 bits per heavy atom. The summed E-state index contributed by atoms with van der Waals surface area (Å²) in [6.45, 7) is 3.70. The molecule has 0 unspecified atom stereocenters. The lowest BCUT2D eigenvalue weighted by Gasteiger charge is -2.07. The average Bonchev–Trinajstić information content (AvgIpc) is 3.17. The van der Waals surface area contributed by atoms with Gasteiger partial charge in [-0.15, -0.1) is 21.5 Å². The monoisotopic (exact) mass is 379 g/mol. The molecule has 0 spiro atoms. The number of amides is 2. The van der Waals surface area contributed by atoms with Gasteiger partial charge in [0.05, 0.1) is 10.6 Å². The van der Waals surface area contributed by atoms with Crippen molar-refractivity contribution in [3.8, 4) is 10.7 Å². The molecule has 2 N–H and O–H groups in total. The largest absolute Gasteiger partial charge is 0.354 e. The number of carbonyl (C=O) groups is 2. The molecule has 0 radical (unpaired) electrons. The highest BCUT2D eigenvalue weighted by Gasteiger charge is 2.29. The van der Waals surface area contributed by atoms with Crippen LogP contribution >= 0.6 is 23.1 Å². The van der Waals surface area contributed by atoms with Gasteiger partial charge in [0, 0.05) is 25.6 Å². The summed E-state index contributed by atoms with van der Waals surface area (Å²) in [5.74, 6) is 1.33. The highest BCUT2D eigenvalue weighted by Crippen LogP contribution is 2.28. The van der Waals surface area contributed by atoms with Crippen LogP contribution in [0, 0.1) is 5.92 Å². The molecule has 3 rings (SSSR count). The molecule has 2 amide bonds. The van der Waals surface area contributed by atoms with Crippen molar-refractivity contribution in [2.45, 2.75) is 31.5 Å². The second-order valence-electron chi connectivity index (χ2n) is 5.73. The van der Waals surface area contributed by atoms with Gasteiger partial charge in [-0.05, 0) is 31.2 Å². The number of rotatable bonds is 9. The van der Waals surface area contributed by atoms with Gasteiger partial charge in [-0.2, -0.15) is 0 Å². The van der Waals surface area contributed by atoms with Gasteiger partial charge in [-0.3, -0.25) is 9.59 Å². The maximum Gasteiger partial charge on any atom is 0.230 e. The van der Waals surface area contributed by atoms with E-state index >= 15 is 0 Å². The van der Waals surface area contributed by atoms with Crippen molar-refractivity contribution in [1.29, 1.82) is 0 Å². The van der Waals surface area contributed by atoms with Crippen molar-refractivity contribution >= 4 is 34.9 Å². The Morgan fingerprint density at radius 1 is 1.32 bits per heavy atom. The Labute approximate surface area is 154 Å². The number of hydrogen-bond donors (Lipinski definition) is 2. The van der Waals surface area contributed by atoms with E-state index < -0.39 is 0 Å². The fourth-order valence-corrected chi connectivity index (χ4v) is 3.88. The van der Waals surface area contributed by atoms with Crippen LogP contribution < -0.4 is 10.6 Å². The van der Waals surface area contributed by atoms with Crippen LogP contribution in [-0.2, 0) is 16.1 Å². The maximum atomic E-state index is 11.9. The van der Waals surface area contributed by atoms with E-state index in [9.17, 15) is 9.59 Å². The molecule has 0 saturated heterocycles. The molecule has 0 aromatic carbocycles. The molecule has 7 nitrogen and oxygen atoms in total. The number of hydrogen-bond acceptors (Lipinski definition) is 6. The number of carbonyl (C=O) groups excluding carboxylic acids is 2. The first kappa shape index (κ1) is 17.9.